The van der Waals surface area contributed by atoms with E-state index in [9.17, 15) is 9.18 Å². The van der Waals surface area contributed by atoms with Crippen LogP contribution >= 0.6 is 11.6 Å². The average Bonchev–Trinajstić information content (AvgIpc) is 2.52. The molecule has 1 heterocycles. The van der Waals surface area contributed by atoms with E-state index in [-0.39, 0.29) is 18.3 Å². The van der Waals surface area contributed by atoms with Crippen LogP contribution in [0.3, 0.4) is 0 Å². The van der Waals surface area contributed by atoms with Gasteiger partial charge in [0.25, 0.3) is 0 Å². The molecule has 7 heteroatoms. The molecule has 2 rings (SSSR count). The van der Waals surface area contributed by atoms with E-state index >= 15 is 0 Å². The van der Waals surface area contributed by atoms with E-state index in [1.54, 1.807) is 30.5 Å². The Morgan fingerprint density at radius 2 is 2.09 bits per heavy atom. The first kappa shape index (κ1) is 16.0. The van der Waals surface area contributed by atoms with Crippen molar-refractivity contribution < 1.29 is 13.9 Å². The number of pyridine rings is 1. The normalized spacial score (nSPS) is 11.7. The number of nitrogens with zero attached hydrogens (tertiary/aromatic N) is 1. The van der Waals surface area contributed by atoms with Gasteiger partial charge in [-0.05, 0) is 29.8 Å². The molecule has 1 aromatic heterocycles. The molecule has 0 aliphatic heterocycles. The Balaban J connectivity index is 2.13. The van der Waals surface area contributed by atoms with Crippen molar-refractivity contribution in [3.8, 4) is 5.75 Å². The second kappa shape index (κ2) is 7.61. The largest absolute Gasteiger partial charge is 0.487 e. The topological polar surface area (TPSA) is 77.2 Å². The van der Waals surface area contributed by atoms with E-state index in [2.05, 4.69) is 10.3 Å². The lowest BCUT2D eigenvalue weighted by Crippen LogP contribution is -2.34. The molecule has 2 amide bonds. The first-order valence-corrected chi connectivity index (χ1v) is 7.07. The molecule has 2 aromatic rings. The van der Waals surface area contributed by atoms with E-state index in [1.165, 1.54) is 12.1 Å². The summed E-state index contributed by atoms with van der Waals surface area (Å²) in [5.41, 5.74) is 6.41. The second-order valence-corrected chi connectivity index (χ2v) is 4.83. The highest BCUT2D eigenvalue weighted by Gasteiger charge is 2.18. The smallest absolute Gasteiger partial charge is 0.312 e. The summed E-state index contributed by atoms with van der Waals surface area (Å²) in [6, 6.07) is 8.16. The minimum Gasteiger partial charge on any atom is -0.487 e. The van der Waals surface area contributed by atoms with Gasteiger partial charge in [-0.2, -0.15) is 0 Å². The molecule has 1 unspecified atom stereocenters. The van der Waals surface area contributed by atoms with Gasteiger partial charge in [0.1, 0.15) is 23.9 Å². The van der Waals surface area contributed by atoms with Gasteiger partial charge in [0, 0.05) is 12.1 Å². The lowest BCUT2D eigenvalue weighted by Gasteiger charge is -2.17. The van der Waals surface area contributed by atoms with Crippen LogP contribution in [-0.4, -0.2) is 16.9 Å². The lowest BCUT2D eigenvalue weighted by molar-refractivity contribution is 0.245. The van der Waals surface area contributed by atoms with Gasteiger partial charge in [-0.1, -0.05) is 12.1 Å². The monoisotopic (exact) mass is 323 g/mol. The Morgan fingerprint density at radius 1 is 1.36 bits per heavy atom. The van der Waals surface area contributed by atoms with Crippen LogP contribution in [0.4, 0.5) is 9.18 Å². The highest BCUT2D eigenvalue weighted by Crippen LogP contribution is 2.24. The van der Waals surface area contributed by atoms with Crippen LogP contribution in [0.1, 0.15) is 17.3 Å². The predicted octanol–water partition coefficient (Wildman–Crippen LogP) is 2.75. The molecular formula is C15H15ClFN3O2. The molecule has 0 radical (unpaired) electrons. The third-order valence-electron chi connectivity index (χ3n) is 2.91. The number of halogens is 2. The van der Waals surface area contributed by atoms with E-state index in [0.717, 1.165) is 5.56 Å². The number of urea groups is 1. The van der Waals surface area contributed by atoms with Crippen molar-refractivity contribution in [1.29, 1.82) is 0 Å². The van der Waals surface area contributed by atoms with Gasteiger partial charge in [-0.15, -0.1) is 11.6 Å². The van der Waals surface area contributed by atoms with Crippen LogP contribution in [0.15, 0.2) is 42.6 Å². The van der Waals surface area contributed by atoms with Crippen molar-refractivity contribution in [2.24, 2.45) is 5.73 Å². The van der Waals surface area contributed by atoms with Crippen LogP contribution in [0.25, 0.3) is 0 Å². The van der Waals surface area contributed by atoms with Gasteiger partial charge in [-0.25, -0.2) is 9.18 Å². The van der Waals surface area contributed by atoms with Gasteiger partial charge in [-0.3, -0.25) is 4.98 Å². The number of hydrogen-bond acceptors (Lipinski definition) is 3. The number of nitrogens with one attached hydrogen (secondary N) is 1. The number of carbonyl (C=O) groups excluding carboxylic acids is 1. The summed E-state index contributed by atoms with van der Waals surface area (Å²) in [4.78, 5) is 15.2. The molecule has 22 heavy (non-hydrogen) atoms. The summed E-state index contributed by atoms with van der Waals surface area (Å²) in [6.07, 6.45) is 1.57. The van der Waals surface area contributed by atoms with Crippen LogP contribution in [0.5, 0.6) is 5.75 Å². The number of benzene rings is 1. The maximum atomic E-state index is 12.9. The Labute approximate surface area is 132 Å². The highest BCUT2D eigenvalue weighted by atomic mass is 35.5. The number of carbonyl (C=O) groups is 1. The predicted molar refractivity (Wildman–Crippen MR) is 81.1 cm³/mol. The second-order valence-electron chi connectivity index (χ2n) is 4.52. The molecule has 1 aromatic carbocycles. The average molecular weight is 324 g/mol. The minimum atomic E-state index is -0.694. The molecule has 0 aliphatic carbocycles. The Morgan fingerprint density at radius 3 is 2.73 bits per heavy atom. The number of nitrogens with two attached hydrogens (primary N) is 1. The van der Waals surface area contributed by atoms with Crippen molar-refractivity contribution in [1.82, 2.24) is 10.3 Å². The quantitative estimate of drug-likeness (QED) is 0.802. The molecule has 0 spiro atoms. The molecule has 0 aliphatic rings. The first-order chi connectivity index (χ1) is 10.6. The summed E-state index contributed by atoms with van der Waals surface area (Å²) in [6.45, 7) is 0.241. The molecular weight excluding hydrogens is 309 g/mol. The number of primary amides is 1. The maximum absolute atomic E-state index is 12.9. The van der Waals surface area contributed by atoms with Gasteiger partial charge in [0.2, 0.25) is 0 Å². The van der Waals surface area contributed by atoms with Crippen LogP contribution < -0.4 is 15.8 Å². The summed E-state index contributed by atoms with van der Waals surface area (Å²) in [7, 11) is 0. The Bertz CT molecular complexity index is 637. The number of hydrogen-bond donors (Lipinski definition) is 2. The number of rotatable bonds is 6. The molecule has 0 bridgehead atoms. The number of amides is 2. The zero-order valence-corrected chi connectivity index (χ0v) is 12.4. The molecule has 0 fully saturated rings. The number of aromatic nitrogens is 1. The van der Waals surface area contributed by atoms with Gasteiger partial charge < -0.3 is 15.8 Å². The maximum Gasteiger partial charge on any atom is 0.312 e. The Kier molecular flexibility index (Phi) is 5.55. The standard InChI is InChI=1S/C15H15ClFN3O2/c16-8-12(20-15(18)21)14-13(2-1-7-19-14)22-9-10-3-5-11(17)6-4-10/h1-7,12H,8-9H2,(H3,18,20,21). The van der Waals surface area contributed by atoms with Crippen LogP contribution in [0.2, 0.25) is 0 Å². The van der Waals surface area contributed by atoms with E-state index in [1.807, 2.05) is 0 Å². The lowest BCUT2D eigenvalue weighted by atomic mass is 10.2. The first-order valence-electron chi connectivity index (χ1n) is 6.54. The molecule has 5 nitrogen and oxygen atoms in total. The van der Waals surface area contributed by atoms with Crippen molar-refractivity contribution in [2.75, 3.05) is 5.88 Å². The molecule has 0 saturated carbocycles. The fourth-order valence-corrected chi connectivity index (χ4v) is 2.10. The third-order valence-corrected chi connectivity index (χ3v) is 3.22. The number of alkyl halides is 1. The van der Waals surface area contributed by atoms with E-state index in [4.69, 9.17) is 22.1 Å². The fraction of sp³-hybridized carbons (Fsp3) is 0.200. The summed E-state index contributed by atoms with van der Waals surface area (Å²) < 4.78 is 18.6. The van der Waals surface area contributed by atoms with Crippen LogP contribution in [-0.2, 0) is 6.61 Å². The highest BCUT2D eigenvalue weighted by molar-refractivity contribution is 6.18. The third kappa shape index (κ3) is 4.33. The summed E-state index contributed by atoms with van der Waals surface area (Å²) in [5.74, 6) is 0.275. The SMILES string of the molecule is NC(=O)NC(CCl)c1ncccc1OCc1ccc(F)cc1. The Hall–Kier alpha value is -2.34. The molecule has 0 saturated heterocycles. The van der Waals surface area contributed by atoms with Crippen molar-refractivity contribution >= 4 is 17.6 Å². The minimum absolute atomic E-state index is 0.104. The van der Waals surface area contributed by atoms with Crippen LogP contribution in [0, 0.1) is 5.82 Å². The fourth-order valence-electron chi connectivity index (χ4n) is 1.88. The number of ether oxygens (including phenoxy) is 1. The molecule has 116 valence electrons. The zero-order chi connectivity index (χ0) is 15.9. The van der Waals surface area contributed by atoms with Crippen molar-refractivity contribution in [3.05, 3.63) is 59.7 Å². The summed E-state index contributed by atoms with van der Waals surface area (Å²) >= 11 is 5.85. The van der Waals surface area contributed by atoms with Gasteiger partial charge >= 0.3 is 6.03 Å². The van der Waals surface area contributed by atoms with Gasteiger partial charge in [0.15, 0.2) is 0 Å². The van der Waals surface area contributed by atoms with E-state index in [0.29, 0.717) is 11.4 Å². The van der Waals surface area contributed by atoms with Gasteiger partial charge in [0.05, 0.1) is 6.04 Å². The molecule has 3 N–H and O–H groups in total. The summed E-state index contributed by atoms with van der Waals surface area (Å²) in [5, 5.41) is 2.51. The van der Waals surface area contributed by atoms with Crippen molar-refractivity contribution in [2.45, 2.75) is 12.6 Å². The molecule has 1 atom stereocenters. The van der Waals surface area contributed by atoms with E-state index < -0.39 is 12.1 Å². The zero-order valence-electron chi connectivity index (χ0n) is 11.6. The van der Waals surface area contributed by atoms with Crippen molar-refractivity contribution in [3.63, 3.8) is 0 Å².